The van der Waals surface area contributed by atoms with Crippen molar-refractivity contribution in [2.24, 2.45) is 0 Å². The number of hydrogen-bond acceptors (Lipinski definition) is 3. The SMILES string of the molecule is CCC(Oc1ccc(F)cc1)N1CCC(Oc2ccccc2)CC1. The van der Waals surface area contributed by atoms with Gasteiger partial charge in [0.2, 0.25) is 0 Å². The second-order valence-electron chi connectivity index (χ2n) is 6.10. The average Bonchev–Trinajstić information content (AvgIpc) is 2.63. The van der Waals surface area contributed by atoms with Crippen molar-refractivity contribution in [3.8, 4) is 11.5 Å². The predicted octanol–water partition coefficient (Wildman–Crippen LogP) is 4.48. The van der Waals surface area contributed by atoms with Crippen LogP contribution in [0.25, 0.3) is 0 Å². The largest absolute Gasteiger partial charge is 0.490 e. The lowest BCUT2D eigenvalue weighted by Gasteiger charge is -2.37. The first-order chi connectivity index (χ1) is 11.7. The van der Waals surface area contributed by atoms with Crippen molar-refractivity contribution in [1.29, 1.82) is 0 Å². The second kappa shape index (κ2) is 8.15. The highest BCUT2D eigenvalue weighted by molar-refractivity contribution is 5.22. The van der Waals surface area contributed by atoms with Gasteiger partial charge in [0, 0.05) is 13.1 Å². The minimum Gasteiger partial charge on any atom is -0.490 e. The molecule has 1 aliphatic heterocycles. The topological polar surface area (TPSA) is 21.7 Å². The maximum absolute atomic E-state index is 13.0. The molecule has 1 aliphatic rings. The monoisotopic (exact) mass is 329 g/mol. The number of likely N-dealkylation sites (tertiary alicyclic amines) is 1. The average molecular weight is 329 g/mol. The molecule has 4 heteroatoms. The van der Waals surface area contributed by atoms with E-state index >= 15 is 0 Å². The number of halogens is 1. The molecule has 0 aliphatic carbocycles. The molecule has 24 heavy (non-hydrogen) atoms. The Morgan fingerprint density at radius 2 is 1.67 bits per heavy atom. The highest BCUT2D eigenvalue weighted by atomic mass is 19.1. The number of nitrogens with zero attached hydrogens (tertiary/aromatic N) is 1. The standard InChI is InChI=1S/C20H24FNO2/c1-2-20(24-18-10-8-16(21)9-11-18)22-14-12-19(13-15-22)23-17-6-4-3-5-7-17/h3-11,19-20H,2,12-15H2,1H3. The van der Waals surface area contributed by atoms with E-state index in [0.29, 0.717) is 5.75 Å². The van der Waals surface area contributed by atoms with Crippen LogP contribution in [-0.2, 0) is 0 Å². The van der Waals surface area contributed by atoms with E-state index in [4.69, 9.17) is 9.47 Å². The number of benzene rings is 2. The fourth-order valence-corrected chi connectivity index (χ4v) is 3.06. The summed E-state index contributed by atoms with van der Waals surface area (Å²) in [6.07, 6.45) is 3.14. The van der Waals surface area contributed by atoms with Crippen LogP contribution in [0.2, 0.25) is 0 Å². The summed E-state index contributed by atoms with van der Waals surface area (Å²) in [7, 11) is 0. The second-order valence-corrected chi connectivity index (χ2v) is 6.10. The molecule has 0 spiro atoms. The van der Waals surface area contributed by atoms with Gasteiger partial charge in [-0.05, 0) is 55.7 Å². The van der Waals surface area contributed by atoms with Crippen molar-refractivity contribution in [3.63, 3.8) is 0 Å². The van der Waals surface area contributed by atoms with E-state index in [1.165, 1.54) is 12.1 Å². The van der Waals surface area contributed by atoms with Crippen LogP contribution < -0.4 is 9.47 Å². The van der Waals surface area contributed by atoms with Crippen LogP contribution in [0.5, 0.6) is 11.5 Å². The normalized spacial score (nSPS) is 17.4. The van der Waals surface area contributed by atoms with Crippen molar-refractivity contribution < 1.29 is 13.9 Å². The highest BCUT2D eigenvalue weighted by Crippen LogP contribution is 2.22. The van der Waals surface area contributed by atoms with Crippen LogP contribution in [-0.4, -0.2) is 30.3 Å². The quantitative estimate of drug-likeness (QED) is 0.780. The fourth-order valence-electron chi connectivity index (χ4n) is 3.06. The molecular weight excluding hydrogens is 305 g/mol. The van der Waals surface area contributed by atoms with Crippen LogP contribution in [0.15, 0.2) is 54.6 Å². The maximum Gasteiger partial charge on any atom is 0.152 e. The van der Waals surface area contributed by atoms with E-state index in [1.807, 2.05) is 30.3 Å². The van der Waals surface area contributed by atoms with E-state index in [0.717, 1.165) is 38.1 Å². The van der Waals surface area contributed by atoms with Crippen molar-refractivity contribution in [2.45, 2.75) is 38.5 Å². The predicted molar refractivity (Wildman–Crippen MR) is 92.8 cm³/mol. The summed E-state index contributed by atoms with van der Waals surface area (Å²) in [5, 5.41) is 0. The van der Waals surface area contributed by atoms with Gasteiger partial charge in [0.25, 0.3) is 0 Å². The zero-order chi connectivity index (χ0) is 16.8. The molecule has 0 N–H and O–H groups in total. The number of hydrogen-bond donors (Lipinski definition) is 0. The van der Waals surface area contributed by atoms with Crippen molar-refractivity contribution >= 4 is 0 Å². The molecule has 1 unspecified atom stereocenters. The third-order valence-corrected chi connectivity index (χ3v) is 4.36. The summed E-state index contributed by atoms with van der Waals surface area (Å²) >= 11 is 0. The Bertz CT molecular complexity index is 609. The molecule has 0 aromatic heterocycles. The van der Waals surface area contributed by atoms with E-state index in [9.17, 15) is 4.39 Å². The molecule has 3 rings (SSSR count). The van der Waals surface area contributed by atoms with Gasteiger partial charge in [-0.15, -0.1) is 0 Å². The molecule has 128 valence electrons. The molecule has 1 heterocycles. The van der Waals surface area contributed by atoms with Crippen molar-refractivity contribution in [1.82, 2.24) is 4.90 Å². The van der Waals surface area contributed by atoms with E-state index < -0.39 is 0 Å². The summed E-state index contributed by atoms with van der Waals surface area (Å²) < 4.78 is 25.1. The van der Waals surface area contributed by atoms with Crippen LogP contribution in [0.1, 0.15) is 26.2 Å². The Morgan fingerprint density at radius 3 is 2.29 bits per heavy atom. The Labute approximate surface area is 143 Å². The van der Waals surface area contributed by atoms with Crippen LogP contribution in [0.3, 0.4) is 0 Å². The number of ether oxygens (including phenoxy) is 2. The Hall–Kier alpha value is -2.07. The van der Waals surface area contributed by atoms with Gasteiger partial charge in [-0.1, -0.05) is 25.1 Å². The Morgan fingerprint density at radius 1 is 1.00 bits per heavy atom. The van der Waals surface area contributed by atoms with Crippen molar-refractivity contribution in [2.75, 3.05) is 13.1 Å². The molecule has 0 radical (unpaired) electrons. The van der Waals surface area contributed by atoms with E-state index in [2.05, 4.69) is 11.8 Å². The molecule has 3 nitrogen and oxygen atoms in total. The van der Waals surface area contributed by atoms with Gasteiger partial charge in [-0.25, -0.2) is 4.39 Å². The summed E-state index contributed by atoms with van der Waals surface area (Å²) in [4.78, 5) is 2.34. The number of piperidine rings is 1. The van der Waals surface area contributed by atoms with Gasteiger partial charge < -0.3 is 9.47 Å². The molecule has 2 aromatic rings. The number of para-hydroxylation sites is 1. The summed E-state index contributed by atoms with van der Waals surface area (Å²) in [6, 6.07) is 16.2. The van der Waals surface area contributed by atoms with Crippen molar-refractivity contribution in [3.05, 3.63) is 60.4 Å². The van der Waals surface area contributed by atoms with Crippen LogP contribution in [0.4, 0.5) is 4.39 Å². The molecule has 0 saturated carbocycles. The first-order valence-corrected chi connectivity index (χ1v) is 8.62. The molecule has 2 aromatic carbocycles. The highest BCUT2D eigenvalue weighted by Gasteiger charge is 2.26. The van der Waals surface area contributed by atoms with Gasteiger partial charge in [0.05, 0.1) is 0 Å². The molecule has 0 amide bonds. The van der Waals surface area contributed by atoms with Gasteiger partial charge in [0.15, 0.2) is 6.23 Å². The van der Waals surface area contributed by atoms with Gasteiger partial charge in [-0.2, -0.15) is 0 Å². The minimum absolute atomic E-state index is 0.0214. The molecule has 1 fully saturated rings. The maximum atomic E-state index is 13.0. The molecular formula is C20H24FNO2. The summed E-state index contributed by atoms with van der Waals surface area (Å²) in [5.74, 6) is 1.41. The zero-order valence-electron chi connectivity index (χ0n) is 14.0. The fraction of sp³-hybridized carbons (Fsp3) is 0.400. The smallest absolute Gasteiger partial charge is 0.152 e. The minimum atomic E-state index is -0.241. The van der Waals surface area contributed by atoms with Crippen LogP contribution >= 0.6 is 0 Å². The Kier molecular flexibility index (Phi) is 5.70. The third-order valence-electron chi connectivity index (χ3n) is 4.36. The lowest BCUT2D eigenvalue weighted by Crippen LogP contribution is -2.46. The lowest BCUT2D eigenvalue weighted by molar-refractivity contribution is -0.0137. The lowest BCUT2D eigenvalue weighted by atomic mass is 10.1. The van der Waals surface area contributed by atoms with Crippen LogP contribution in [0, 0.1) is 5.82 Å². The first kappa shape index (κ1) is 16.8. The van der Waals surface area contributed by atoms with Gasteiger partial charge >= 0.3 is 0 Å². The zero-order valence-corrected chi connectivity index (χ0v) is 14.0. The third kappa shape index (κ3) is 4.48. The molecule has 1 atom stereocenters. The summed E-state index contributed by atoms with van der Waals surface area (Å²) in [5.41, 5.74) is 0. The van der Waals surface area contributed by atoms with Gasteiger partial charge in [-0.3, -0.25) is 4.90 Å². The Balaban J connectivity index is 1.51. The molecule has 1 saturated heterocycles. The van der Waals surface area contributed by atoms with E-state index in [1.54, 1.807) is 12.1 Å². The summed E-state index contributed by atoms with van der Waals surface area (Å²) in [6.45, 7) is 4.00. The first-order valence-electron chi connectivity index (χ1n) is 8.62. The van der Waals surface area contributed by atoms with E-state index in [-0.39, 0.29) is 18.1 Å². The van der Waals surface area contributed by atoms with Gasteiger partial charge in [0.1, 0.15) is 23.4 Å². The molecule has 0 bridgehead atoms. The number of rotatable bonds is 6.